The van der Waals surface area contributed by atoms with Gasteiger partial charge in [-0.3, -0.25) is 19.8 Å². The normalized spacial score (nSPS) is 24.1. The van der Waals surface area contributed by atoms with E-state index in [1.54, 1.807) is 0 Å². The highest BCUT2D eigenvalue weighted by Gasteiger charge is 2.55. The lowest BCUT2D eigenvalue weighted by Gasteiger charge is -2.39. The minimum atomic E-state index is -3.33. The van der Waals surface area contributed by atoms with Gasteiger partial charge in [0.15, 0.2) is 0 Å². The summed E-state index contributed by atoms with van der Waals surface area (Å²) in [6.07, 6.45) is 3.37. The highest BCUT2D eigenvalue weighted by molar-refractivity contribution is 7.90. The minimum Gasteiger partial charge on any atom is -0.277 e. The van der Waals surface area contributed by atoms with Crippen molar-refractivity contribution in [2.75, 3.05) is 12.0 Å². The number of rotatable bonds is 3. The predicted molar refractivity (Wildman–Crippen MR) is 70.5 cm³/mol. The molecule has 0 bridgehead atoms. The number of carbonyl (C=O) groups excluding carboxylic acids is 3. The molecular formula is C12H18N2O5S. The lowest BCUT2D eigenvalue weighted by Crippen LogP contribution is -2.65. The van der Waals surface area contributed by atoms with Gasteiger partial charge in [-0.05, 0) is 19.8 Å². The Kier molecular flexibility index (Phi) is 3.62. The molecule has 1 heterocycles. The van der Waals surface area contributed by atoms with Gasteiger partial charge in [0.1, 0.15) is 15.3 Å². The van der Waals surface area contributed by atoms with Crippen LogP contribution in [-0.2, 0) is 19.4 Å². The summed E-state index contributed by atoms with van der Waals surface area (Å²) < 4.78 is 22.7. The zero-order chi connectivity index (χ0) is 15.1. The Morgan fingerprint density at radius 2 is 1.80 bits per heavy atom. The fourth-order valence-electron chi connectivity index (χ4n) is 3.03. The van der Waals surface area contributed by atoms with Crippen LogP contribution in [0.15, 0.2) is 0 Å². The van der Waals surface area contributed by atoms with Crippen LogP contribution in [0.1, 0.15) is 32.6 Å². The van der Waals surface area contributed by atoms with Crippen LogP contribution in [0.25, 0.3) is 0 Å². The molecule has 0 radical (unpaired) electrons. The highest BCUT2D eigenvalue weighted by atomic mass is 32.2. The van der Waals surface area contributed by atoms with E-state index >= 15 is 0 Å². The summed E-state index contributed by atoms with van der Waals surface area (Å²) in [5.74, 6) is -1.41. The van der Waals surface area contributed by atoms with Crippen molar-refractivity contribution in [3.63, 3.8) is 0 Å². The number of nitrogens with one attached hydrogen (secondary N) is 1. The van der Waals surface area contributed by atoms with E-state index < -0.39 is 39.1 Å². The van der Waals surface area contributed by atoms with Crippen molar-refractivity contribution in [2.45, 2.75) is 38.6 Å². The first kappa shape index (κ1) is 15.0. The zero-order valence-electron chi connectivity index (χ0n) is 11.5. The van der Waals surface area contributed by atoms with Crippen LogP contribution < -0.4 is 5.32 Å². The fourth-order valence-corrected chi connectivity index (χ4v) is 4.05. The molecular weight excluding hydrogens is 284 g/mol. The number of carbonyl (C=O) groups is 3. The molecule has 2 fully saturated rings. The Morgan fingerprint density at radius 1 is 1.25 bits per heavy atom. The van der Waals surface area contributed by atoms with E-state index in [4.69, 9.17) is 0 Å². The number of nitrogens with zero attached hydrogens (tertiary/aromatic N) is 1. The van der Waals surface area contributed by atoms with Crippen molar-refractivity contribution in [1.82, 2.24) is 10.2 Å². The molecule has 112 valence electrons. The van der Waals surface area contributed by atoms with Gasteiger partial charge in [-0.2, -0.15) is 0 Å². The second kappa shape index (κ2) is 4.83. The molecule has 7 nitrogen and oxygen atoms in total. The van der Waals surface area contributed by atoms with Crippen LogP contribution in [-0.4, -0.2) is 49.2 Å². The number of amides is 4. The molecule has 0 aromatic rings. The maximum atomic E-state index is 12.5. The Balaban J connectivity index is 2.30. The van der Waals surface area contributed by atoms with Gasteiger partial charge in [0.25, 0.3) is 0 Å². The largest absolute Gasteiger partial charge is 0.331 e. The summed E-state index contributed by atoms with van der Waals surface area (Å²) in [5.41, 5.74) is -1.18. The molecule has 1 saturated carbocycles. The zero-order valence-corrected chi connectivity index (χ0v) is 12.3. The third-order valence-electron chi connectivity index (χ3n) is 3.94. The van der Waals surface area contributed by atoms with Crippen molar-refractivity contribution in [3.05, 3.63) is 0 Å². The van der Waals surface area contributed by atoms with Crippen LogP contribution in [0.3, 0.4) is 0 Å². The molecule has 1 atom stereocenters. The van der Waals surface area contributed by atoms with Crippen LogP contribution in [0.4, 0.5) is 4.79 Å². The molecule has 2 rings (SSSR count). The molecule has 2 aliphatic rings. The molecule has 0 aromatic carbocycles. The predicted octanol–water partition coefficient (Wildman–Crippen LogP) is 0.0583. The second-order valence-electron chi connectivity index (χ2n) is 5.67. The van der Waals surface area contributed by atoms with Crippen molar-refractivity contribution < 1.29 is 22.8 Å². The molecule has 20 heavy (non-hydrogen) atoms. The average Bonchev–Trinajstić information content (AvgIpc) is 2.74. The monoisotopic (exact) mass is 302 g/mol. The average molecular weight is 302 g/mol. The minimum absolute atomic E-state index is 0.309. The quantitative estimate of drug-likeness (QED) is 0.743. The Labute approximate surface area is 117 Å². The smallest absolute Gasteiger partial charge is 0.277 e. The standard InChI is InChI=1S/C12H18N2O5S/c1-8(7-20(2,18)19)14-10(16)12(5-3-4-6-12)9(15)13-11(14)17/h8H,3-7H2,1-2H3,(H,13,15,17). The van der Waals surface area contributed by atoms with E-state index in [-0.39, 0.29) is 5.75 Å². The molecule has 1 unspecified atom stereocenters. The van der Waals surface area contributed by atoms with Gasteiger partial charge in [-0.15, -0.1) is 0 Å². The summed E-state index contributed by atoms with van der Waals surface area (Å²) in [4.78, 5) is 37.3. The van der Waals surface area contributed by atoms with Crippen molar-refractivity contribution in [1.29, 1.82) is 0 Å². The Hall–Kier alpha value is -1.44. The van der Waals surface area contributed by atoms with E-state index in [1.165, 1.54) is 6.92 Å². The molecule has 1 aliphatic heterocycles. The first-order valence-electron chi connectivity index (χ1n) is 6.54. The van der Waals surface area contributed by atoms with E-state index in [2.05, 4.69) is 5.32 Å². The number of barbiturate groups is 1. The third kappa shape index (κ3) is 2.44. The second-order valence-corrected chi connectivity index (χ2v) is 7.85. The Morgan fingerprint density at radius 3 is 2.30 bits per heavy atom. The van der Waals surface area contributed by atoms with Gasteiger partial charge in [0.2, 0.25) is 11.8 Å². The topological polar surface area (TPSA) is 101 Å². The number of hydrogen-bond donors (Lipinski definition) is 1. The maximum Gasteiger partial charge on any atom is 0.331 e. The Bertz CT molecular complexity index is 562. The van der Waals surface area contributed by atoms with Crippen molar-refractivity contribution in [3.8, 4) is 0 Å². The van der Waals surface area contributed by atoms with Gasteiger partial charge >= 0.3 is 6.03 Å². The van der Waals surface area contributed by atoms with Crippen LogP contribution in [0, 0.1) is 5.41 Å². The third-order valence-corrected chi connectivity index (χ3v) is 5.03. The maximum absolute atomic E-state index is 12.5. The lowest BCUT2D eigenvalue weighted by atomic mass is 9.82. The molecule has 8 heteroatoms. The van der Waals surface area contributed by atoms with Gasteiger partial charge in [-0.1, -0.05) is 12.8 Å². The van der Waals surface area contributed by atoms with E-state index in [9.17, 15) is 22.8 Å². The number of sulfone groups is 1. The molecule has 0 aromatic heterocycles. The first-order chi connectivity index (χ1) is 9.17. The van der Waals surface area contributed by atoms with E-state index in [0.717, 1.165) is 24.0 Å². The van der Waals surface area contributed by atoms with Crippen molar-refractivity contribution >= 4 is 27.7 Å². The summed E-state index contributed by atoms with van der Waals surface area (Å²) in [6, 6.07) is -1.61. The molecule has 1 saturated heterocycles. The van der Waals surface area contributed by atoms with Crippen molar-refractivity contribution in [2.24, 2.45) is 5.41 Å². The number of imide groups is 2. The first-order valence-corrected chi connectivity index (χ1v) is 8.60. The SMILES string of the molecule is CC(CS(C)(=O)=O)N1C(=O)NC(=O)C2(CCCC2)C1=O. The van der Waals surface area contributed by atoms with Crippen LogP contribution in [0.2, 0.25) is 0 Å². The van der Waals surface area contributed by atoms with Gasteiger partial charge in [0, 0.05) is 6.26 Å². The lowest BCUT2D eigenvalue weighted by molar-refractivity contribution is -0.152. The summed E-state index contributed by atoms with van der Waals surface area (Å²) in [6.45, 7) is 1.50. The highest BCUT2D eigenvalue weighted by Crippen LogP contribution is 2.42. The van der Waals surface area contributed by atoms with Gasteiger partial charge in [-0.25, -0.2) is 13.2 Å². The number of urea groups is 1. The van der Waals surface area contributed by atoms with E-state index in [0.29, 0.717) is 12.8 Å². The van der Waals surface area contributed by atoms with Crippen LogP contribution >= 0.6 is 0 Å². The van der Waals surface area contributed by atoms with Gasteiger partial charge < -0.3 is 0 Å². The fraction of sp³-hybridized carbons (Fsp3) is 0.750. The molecule has 4 amide bonds. The van der Waals surface area contributed by atoms with E-state index in [1.807, 2.05) is 0 Å². The molecule has 1 spiro atoms. The molecule has 1 N–H and O–H groups in total. The van der Waals surface area contributed by atoms with Gasteiger partial charge in [0.05, 0.1) is 11.8 Å². The van der Waals surface area contributed by atoms with Crippen LogP contribution in [0.5, 0.6) is 0 Å². The summed E-state index contributed by atoms with van der Waals surface area (Å²) in [5, 5.41) is 2.19. The summed E-state index contributed by atoms with van der Waals surface area (Å²) >= 11 is 0. The number of hydrogen-bond acceptors (Lipinski definition) is 5. The summed E-state index contributed by atoms with van der Waals surface area (Å²) in [7, 11) is -3.33. The molecule has 1 aliphatic carbocycles.